The molecule has 0 saturated heterocycles. The van der Waals surface area contributed by atoms with Crippen molar-refractivity contribution in [3.8, 4) is 50.2 Å². The van der Waals surface area contributed by atoms with Gasteiger partial charge >= 0.3 is 0 Å². The second-order valence-corrected chi connectivity index (χ2v) is 17.9. The SMILES string of the molecule is CCCCc1ccc(-c2cccc(C3=CC=C(n4c5ccccc5c5cc(-c6ccc7c(c6)c6ccccc6n7-c6ccccc6-c6ccc(-c7ccccc7)cc6)ccc54)CC3)c2)cc1. The largest absolute Gasteiger partial charge is 0.313 e. The highest BCUT2D eigenvalue weighted by atomic mass is 15.0. The Morgan fingerprint density at radius 3 is 1.58 bits per heavy atom. The highest BCUT2D eigenvalue weighted by Gasteiger charge is 2.20. The first kappa shape index (κ1) is 39.6. The number of benzene rings is 9. The molecule has 66 heavy (non-hydrogen) atoms. The van der Waals surface area contributed by atoms with Gasteiger partial charge in [0.25, 0.3) is 0 Å². The number of hydrogen-bond donors (Lipinski definition) is 0. The summed E-state index contributed by atoms with van der Waals surface area (Å²) < 4.78 is 4.95. The number of hydrogen-bond acceptors (Lipinski definition) is 0. The number of para-hydroxylation sites is 3. The van der Waals surface area contributed by atoms with Crippen LogP contribution in [0.1, 0.15) is 43.7 Å². The Morgan fingerprint density at radius 2 is 0.879 bits per heavy atom. The van der Waals surface area contributed by atoms with Crippen molar-refractivity contribution in [3.05, 3.63) is 236 Å². The smallest absolute Gasteiger partial charge is 0.0541 e. The molecule has 2 heteroatoms. The van der Waals surface area contributed by atoms with Gasteiger partial charge in [-0.15, -0.1) is 0 Å². The summed E-state index contributed by atoms with van der Waals surface area (Å²) in [4.78, 5) is 0. The Balaban J connectivity index is 0.891. The van der Waals surface area contributed by atoms with E-state index in [9.17, 15) is 0 Å². The molecule has 1 aliphatic rings. The zero-order valence-electron chi connectivity index (χ0n) is 37.3. The Morgan fingerprint density at radius 1 is 0.364 bits per heavy atom. The normalized spacial score (nSPS) is 12.9. The summed E-state index contributed by atoms with van der Waals surface area (Å²) in [5.74, 6) is 0. The minimum Gasteiger partial charge on any atom is -0.313 e. The van der Waals surface area contributed by atoms with E-state index in [2.05, 4.69) is 241 Å². The molecule has 0 amide bonds. The molecule has 0 atom stereocenters. The molecule has 316 valence electrons. The quantitative estimate of drug-likeness (QED) is 0.130. The molecule has 9 aromatic carbocycles. The number of rotatable bonds is 10. The molecule has 0 unspecified atom stereocenters. The van der Waals surface area contributed by atoms with Gasteiger partial charge in [-0.2, -0.15) is 0 Å². The molecule has 0 aliphatic heterocycles. The number of fused-ring (bicyclic) bond motifs is 6. The number of allylic oxidation sites excluding steroid dienone is 4. The van der Waals surface area contributed by atoms with E-state index >= 15 is 0 Å². The van der Waals surface area contributed by atoms with Crippen molar-refractivity contribution in [1.82, 2.24) is 9.13 Å². The van der Waals surface area contributed by atoms with Crippen molar-refractivity contribution in [2.24, 2.45) is 0 Å². The van der Waals surface area contributed by atoms with Gasteiger partial charge in [0.1, 0.15) is 0 Å². The molecule has 0 N–H and O–H groups in total. The first-order valence-electron chi connectivity index (χ1n) is 23.6. The number of aromatic nitrogens is 2. The van der Waals surface area contributed by atoms with E-state index in [1.165, 1.54) is 129 Å². The second kappa shape index (κ2) is 16.9. The second-order valence-electron chi connectivity index (χ2n) is 17.9. The van der Waals surface area contributed by atoms with Gasteiger partial charge in [-0.05, 0) is 136 Å². The maximum absolute atomic E-state index is 2.50. The van der Waals surface area contributed by atoms with Gasteiger partial charge in [0.2, 0.25) is 0 Å². The van der Waals surface area contributed by atoms with Crippen LogP contribution >= 0.6 is 0 Å². The van der Waals surface area contributed by atoms with Crippen LogP contribution in [-0.2, 0) is 6.42 Å². The fourth-order valence-corrected chi connectivity index (χ4v) is 10.5. The molecule has 1 aliphatic carbocycles. The van der Waals surface area contributed by atoms with Crippen LogP contribution in [0.15, 0.2) is 224 Å². The summed E-state index contributed by atoms with van der Waals surface area (Å²) in [5.41, 5.74) is 21.4. The summed E-state index contributed by atoms with van der Waals surface area (Å²) in [6.45, 7) is 2.26. The van der Waals surface area contributed by atoms with Crippen LogP contribution in [0.25, 0.3) is 105 Å². The van der Waals surface area contributed by atoms with E-state index in [1.54, 1.807) is 0 Å². The van der Waals surface area contributed by atoms with E-state index in [-0.39, 0.29) is 0 Å². The van der Waals surface area contributed by atoms with Crippen LogP contribution in [0.2, 0.25) is 0 Å². The first-order valence-corrected chi connectivity index (χ1v) is 23.6. The Hall–Kier alpha value is -7.94. The molecule has 2 aromatic heterocycles. The highest BCUT2D eigenvalue weighted by Crippen LogP contribution is 2.41. The molecule has 0 radical (unpaired) electrons. The van der Waals surface area contributed by atoms with Gasteiger partial charge < -0.3 is 9.13 Å². The van der Waals surface area contributed by atoms with Crippen LogP contribution in [0.3, 0.4) is 0 Å². The van der Waals surface area contributed by atoms with Gasteiger partial charge in [0, 0.05) is 32.8 Å². The van der Waals surface area contributed by atoms with Gasteiger partial charge in [-0.1, -0.05) is 183 Å². The lowest BCUT2D eigenvalue weighted by Crippen LogP contribution is -2.01. The van der Waals surface area contributed by atoms with Crippen LogP contribution < -0.4 is 0 Å². The maximum Gasteiger partial charge on any atom is 0.0541 e. The zero-order valence-corrected chi connectivity index (χ0v) is 37.3. The van der Waals surface area contributed by atoms with Crippen molar-refractivity contribution in [3.63, 3.8) is 0 Å². The van der Waals surface area contributed by atoms with E-state index in [1.807, 2.05) is 0 Å². The van der Waals surface area contributed by atoms with Gasteiger partial charge in [0.05, 0.1) is 27.8 Å². The van der Waals surface area contributed by atoms with Crippen molar-refractivity contribution < 1.29 is 0 Å². The van der Waals surface area contributed by atoms with Crippen LogP contribution in [0, 0.1) is 0 Å². The predicted molar refractivity (Wildman–Crippen MR) is 282 cm³/mol. The van der Waals surface area contributed by atoms with Crippen LogP contribution in [0.4, 0.5) is 0 Å². The molecule has 2 nitrogen and oxygen atoms in total. The summed E-state index contributed by atoms with van der Waals surface area (Å²) in [6.07, 6.45) is 10.3. The van der Waals surface area contributed by atoms with Gasteiger partial charge in [-0.25, -0.2) is 0 Å². The van der Waals surface area contributed by atoms with Crippen molar-refractivity contribution in [2.75, 3.05) is 0 Å². The van der Waals surface area contributed by atoms with Crippen LogP contribution in [0.5, 0.6) is 0 Å². The average Bonchev–Trinajstić information content (AvgIpc) is 3.91. The van der Waals surface area contributed by atoms with Crippen molar-refractivity contribution >= 4 is 54.9 Å². The summed E-state index contributed by atoms with van der Waals surface area (Å²) in [6, 6.07) is 78.5. The van der Waals surface area contributed by atoms with Crippen molar-refractivity contribution in [1.29, 1.82) is 0 Å². The number of nitrogens with zero attached hydrogens (tertiary/aromatic N) is 2. The van der Waals surface area contributed by atoms with E-state index < -0.39 is 0 Å². The number of unbranched alkanes of at least 4 members (excludes halogenated alkanes) is 1. The maximum atomic E-state index is 2.50. The lowest BCUT2D eigenvalue weighted by molar-refractivity contribution is 0.795. The monoisotopic (exact) mass is 846 g/mol. The van der Waals surface area contributed by atoms with E-state index in [0.29, 0.717) is 0 Å². The molecule has 0 spiro atoms. The lowest BCUT2D eigenvalue weighted by Gasteiger charge is -2.18. The molecule has 11 aromatic rings. The third-order valence-corrected chi connectivity index (χ3v) is 13.9. The van der Waals surface area contributed by atoms with Gasteiger partial charge in [0.15, 0.2) is 0 Å². The zero-order chi connectivity index (χ0) is 44.0. The third kappa shape index (κ3) is 7.07. The molecule has 0 saturated carbocycles. The third-order valence-electron chi connectivity index (χ3n) is 13.9. The Bertz CT molecular complexity index is 3650. The van der Waals surface area contributed by atoms with Crippen LogP contribution in [-0.4, -0.2) is 9.13 Å². The molecule has 12 rings (SSSR count). The summed E-state index contributed by atoms with van der Waals surface area (Å²) >= 11 is 0. The Labute approximate surface area is 387 Å². The minimum atomic E-state index is 0.973. The molecular formula is C64H50N2. The molecular weight excluding hydrogens is 797 g/mol. The van der Waals surface area contributed by atoms with Crippen molar-refractivity contribution in [2.45, 2.75) is 39.0 Å². The molecule has 0 fully saturated rings. The Kier molecular flexibility index (Phi) is 10.1. The fourth-order valence-electron chi connectivity index (χ4n) is 10.5. The summed E-state index contributed by atoms with van der Waals surface area (Å²) in [7, 11) is 0. The van der Waals surface area contributed by atoms with E-state index in [4.69, 9.17) is 0 Å². The minimum absolute atomic E-state index is 0.973. The molecule has 2 heterocycles. The highest BCUT2D eigenvalue weighted by molar-refractivity contribution is 6.13. The standard InChI is InChI=1S/C64H50N2/c1-2-3-14-44-25-27-47(28-26-44)50-17-13-18-51(41-50)48-33-37-54(38-34-48)65-61-23-11-8-20-56(61)58-42-52(35-39-63(58)65)53-36-40-64-59(43-53)57-21-9-12-24-62(57)66(64)60-22-10-7-19-55(60)49-31-29-46(30-32-49)45-15-5-4-6-16-45/h4-13,15-33,35-37,39-43H,2-3,14,34,38H2,1H3. The van der Waals surface area contributed by atoms with E-state index in [0.717, 1.165) is 19.3 Å². The molecule has 0 bridgehead atoms. The fraction of sp³-hybridized carbons (Fsp3) is 0.0938. The predicted octanol–water partition coefficient (Wildman–Crippen LogP) is 17.6. The first-order chi connectivity index (χ1) is 32.7. The topological polar surface area (TPSA) is 9.86 Å². The number of aryl methyl sites for hydroxylation is 1. The van der Waals surface area contributed by atoms with Gasteiger partial charge in [-0.3, -0.25) is 0 Å². The average molecular weight is 847 g/mol. The summed E-state index contributed by atoms with van der Waals surface area (Å²) in [5, 5.41) is 5.06. The lowest BCUT2D eigenvalue weighted by atomic mass is 9.93.